The van der Waals surface area contributed by atoms with Gasteiger partial charge in [-0.25, -0.2) is 4.39 Å². The van der Waals surface area contributed by atoms with Gasteiger partial charge in [0.15, 0.2) is 0 Å². The van der Waals surface area contributed by atoms with Crippen LogP contribution in [0.25, 0.3) is 5.76 Å². The van der Waals surface area contributed by atoms with Gasteiger partial charge in [-0.05, 0) is 74.0 Å². The summed E-state index contributed by atoms with van der Waals surface area (Å²) in [5.74, 6) is -1.52. The van der Waals surface area contributed by atoms with Crippen molar-refractivity contribution >= 4 is 23.1 Å². The molecule has 1 amide bonds. The monoisotopic (exact) mass is 421 g/mol. The number of carbonyl (C=O) groups excluding carboxylic acids is 2. The van der Waals surface area contributed by atoms with E-state index in [0.29, 0.717) is 29.4 Å². The lowest BCUT2D eigenvalue weighted by Crippen LogP contribution is -2.29. The molecule has 158 valence electrons. The normalized spacial score (nSPS) is 17.9. The molecule has 0 spiro atoms. The average molecular weight is 421 g/mol. The number of aryl methyl sites for hydroxylation is 1. The van der Waals surface area contributed by atoms with Crippen LogP contribution in [0.15, 0.2) is 70.9 Å². The van der Waals surface area contributed by atoms with Crippen LogP contribution in [0.2, 0.25) is 0 Å². The summed E-state index contributed by atoms with van der Waals surface area (Å²) in [6, 6.07) is 12.5. The number of nitrogens with zero attached hydrogens (tertiary/aromatic N) is 1. The molecule has 1 aliphatic heterocycles. The molecule has 0 saturated carbocycles. The van der Waals surface area contributed by atoms with Crippen molar-refractivity contribution in [2.75, 3.05) is 11.5 Å². The van der Waals surface area contributed by atoms with Gasteiger partial charge in [0.05, 0.1) is 18.4 Å². The summed E-state index contributed by atoms with van der Waals surface area (Å²) in [5, 5.41) is 11.1. The van der Waals surface area contributed by atoms with Crippen molar-refractivity contribution in [1.29, 1.82) is 0 Å². The summed E-state index contributed by atoms with van der Waals surface area (Å²) in [6.45, 7) is 4.18. The fraction of sp³-hybridized carbons (Fsp3) is 0.167. The summed E-state index contributed by atoms with van der Waals surface area (Å²) in [6.07, 6.45) is 1.42. The molecule has 3 aromatic rings. The number of rotatable bonds is 5. The number of ketones is 1. The van der Waals surface area contributed by atoms with Gasteiger partial charge in [-0.3, -0.25) is 14.5 Å². The molecule has 0 bridgehead atoms. The summed E-state index contributed by atoms with van der Waals surface area (Å²) < 4.78 is 24.4. The number of halogens is 1. The first-order valence-electron chi connectivity index (χ1n) is 9.76. The number of hydrogen-bond acceptors (Lipinski definition) is 5. The van der Waals surface area contributed by atoms with Crippen LogP contribution in [0, 0.1) is 12.7 Å². The van der Waals surface area contributed by atoms with E-state index in [1.165, 1.54) is 35.4 Å². The number of hydrogen-bond donors (Lipinski definition) is 1. The molecule has 2 heterocycles. The van der Waals surface area contributed by atoms with E-state index in [4.69, 9.17) is 9.15 Å². The lowest BCUT2D eigenvalue weighted by Gasteiger charge is -2.23. The maximum Gasteiger partial charge on any atom is 0.300 e. The van der Waals surface area contributed by atoms with Crippen molar-refractivity contribution in [3.8, 4) is 5.75 Å². The molecular weight excluding hydrogens is 401 g/mol. The second kappa shape index (κ2) is 8.10. The maximum absolute atomic E-state index is 13.4. The summed E-state index contributed by atoms with van der Waals surface area (Å²) >= 11 is 0. The average Bonchev–Trinajstić information content (AvgIpc) is 3.37. The van der Waals surface area contributed by atoms with E-state index in [1.807, 2.05) is 13.8 Å². The van der Waals surface area contributed by atoms with Gasteiger partial charge in [0, 0.05) is 11.3 Å². The predicted molar refractivity (Wildman–Crippen MR) is 112 cm³/mol. The Balaban J connectivity index is 1.87. The van der Waals surface area contributed by atoms with Crippen LogP contribution in [-0.4, -0.2) is 23.4 Å². The second-order valence-corrected chi connectivity index (χ2v) is 7.07. The van der Waals surface area contributed by atoms with Gasteiger partial charge in [-0.15, -0.1) is 0 Å². The lowest BCUT2D eigenvalue weighted by molar-refractivity contribution is -0.132. The first kappa shape index (κ1) is 20.4. The summed E-state index contributed by atoms with van der Waals surface area (Å²) in [4.78, 5) is 27.1. The SMILES string of the molecule is CCOc1ccc(/C(O)=C2/C(=O)C(=O)N(c3ccc(F)cc3)C2c2ccco2)cc1C. The smallest absolute Gasteiger partial charge is 0.300 e. The Morgan fingerprint density at radius 2 is 1.90 bits per heavy atom. The summed E-state index contributed by atoms with van der Waals surface area (Å²) in [5.41, 5.74) is 1.35. The Hall–Kier alpha value is -3.87. The van der Waals surface area contributed by atoms with E-state index in [1.54, 1.807) is 30.3 Å². The van der Waals surface area contributed by atoms with Crippen molar-refractivity contribution in [2.45, 2.75) is 19.9 Å². The van der Waals surface area contributed by atoms with Crippen molar-refractivity contribution in [3.63, 3.8) is 0 Å². The molecule has 0 radical (unpaired) electrons. The number of benzene rings is 2. The van der Waals surface area contributed by atoms with Crippen molar-refractivity contribution in [1.82, 2.24) is 0 Å². The van der Waals surface area contributed by atoms with E-state index in [2.05, 4.69) is 0 Å². The molecule has 1 N–H and O–H groups in total. The number of aliphatic hydroxyl groups is 1. The molecule has 1 aliphatic rings. The van der Waals surface area contributed by atoms with E-state index in [0.717, 1.165) is 5.56 Å². The maximum atomic E-state index is 13.4. The van der Waals surface area contributed by atoms with Gasteiger partial charge in [-0.1, -0.05) is 0 Å². The second-order valence-electron chi connectivity index (χ2n) is 7.07. The zero-order valence-corrected chi connectivity index (χ0v) is 17.0. The zero-order chi connectivity index (χ0) is 22.1. The van der Waals surface area contributed by atoms with Crippen LogP contribution in [-0.2, 0) is 9.59 Å². The van der Waals surface area contributed by atoms with E-state index in [9.17, 15) is 19.1 Å². The molecule has 1 fully saturated rings. The number of amides is 1. The van der Waals surface area contributed by atoms with Crippen LogP contribution in [0.3, 0.4) is 0 Å². The molecule has 6 nitrogen and oxygen atoms in total. The molecule has 7 heteroatoms. The predicted octanol–water partition coefficient (Wildman–Crippen LogP) is 4.75. The highest BCUT2D eigenvalue weighted by Crippen LogP contribution is 2.42. The van der Waals surface area contributed by atoms with E-state index >= 15 is 0 Å². The molecule has 1 unspecified atom stereocenters. The topological polar surface area (TPSA) is 80.0 Å². The summed E-state index contributed by atoms with van der Waals surface area (Å²) in [7, 11) is 0. The number of anilines is 1. The van der Waals surface area contributed by atoms with E-state index < -0.39 is 23.5 Å². The molecule has 31 heavy (non-hydrogen) atoms. The third kappa shape index (κ3) is 3.59. The van der Waals surface area contributed by atoms with Crippen molar-refractivity contribution < 1.29 is 28.2 Å². The quantitative estimate of drug-likeness (QED) is 0.365. The molecule has 1 atom stereocenters. The molecular formula is C24H20FNO5. The number of carbonyl (C=O) groups is 2. The number of Topliss-reactive ketones (excluding diaryl/α,β-unsaturated/α-hetero) is 1. The van der Waals surface area contributed by atoms with Gasteiger partial charge in [-0.2, -0.15) is 0 Å². The third-order valence-corrected chi connectivity index (χ3v) is 5.11. The third-order valence-electron chi connectivity index (χ3n) is 5.11. The fourth-order valence-electron chi connectivity index (χ4n) is 3.69. The number of ether oxygens (including phenoxy) is 1. The van der Waals surface area contributed by atoms with Gasteiger partial charge in [0.25, 0.3) is 11.7 Å². The van der Waals surface area contributed by atoms with Crippen LogP contribution >= 0.6 is 0 Å². The van der Waals surface area contributed by atoms with Gasteiger partial charge in [0.2, 0.25) is 0 Å². The fourth-order valence-corrected chi connectivity index (χ4v) is 3.69. The first-order chi connectivity index (χ1) is 14.9. The number of furan rings is 1. The first-order valence-corrected chi connectivity index (χ1v) is 9.76. The Kier molecular flexibility index (Phi) is 5.33. The minimum atomic E-state index is -0.993. The largest absolute Gasteiger partial charge is 0.507 e. The van der Waals surface area contributed by atoms with Crippen LogP contribution in [0.1, 0.15) is 29.9 Å². The number of aliphatic hydroxyl groups excluding tert-OH is 1. The Labute approximate surface area is 178 Å². The molecule has 1 aromatic heterocycles. The highest BCUT2D eigenvalue weighted by atomic mass is 19.1. The van der Waals surface area contributed by atoms with Gasteiger partial charge >= 0.3 is 0 Å². The lowest BCUT2D eigenvalue weighted by atomic mass is 9.98. The molecule has 0 aliphatic carbocycles. The van der Waals surface area contributed by atoms with Crippen molar-refractivity contribution in [2.24, 2.45) is 0 Å². The standard InChI is InChI=1S/C24H20FNO5/c1-3-30-18-11-6-15(13-14(18)2)22(27)20-21(19-5-4-12-31-19)26(24(29)23(20)28)17-9-7-16(25)8-10-17/h4-13,21,27H,3H2,1-2H3/b22-20-. The molecule has 1 saturated heterocycles. The minimum Gasteiger partial charge on any atom is -0.507 e. The van der Waals surface area contributed by atoms with Crippen LogP contribution < -0.4 is 9.64 Å². The van der Waals surface area contributed by atoms with Crippen molar-refractivity contribution in [3.05, 3.63) is 89.1 Å². The molecule has 4 rings (SSSR count). The Morgan fingerprint density at radius 1 is 1.16 bits per heavy atom. The van der Waals surface area contributed by atoms with Crippen LogP contribution in [0.5, 0.6) is 5.75 Å². The molecule has 2 aromatic carbocycles. The highest BCUT2D eigenvalue weighted by molar-refractivity contribution is 6.51. The highest BCUT2D eigenvalue weighted by Gasteiger charge is 2.48. The van der Waals surface area contributed by atoms with Crippen LogP contribution in [0.4, 0.5) is 10.1 Å². The van der Waals surface area contributed by atoms with Gasteiger partial charge < -0.3 is 14.3 Å². The Bertz CT molecular complexity index is 1170. The zero-order valence-electron chi connectivity index (χ0n) is 17.0. The van der Waals surface area contributed by atoms with Gasteiger partial charge in [0.1, 0.15) is 29.1 Å². The van der Waals surface area contributed by atoms with E-state index in [-0.39, 0.29) is 11.3 Å². The Morgan fingerprint density at radius 3 is 2.52 bits per heavy atom. The minimum absolute atomic E-state index is 0.104.